The van der Waals surface area contributed by atoms with E-state index in [0.29, 0.717) is 18.0 Å². The first kappa shape index (κ1) is 23.2. The predicted molar refractivity (Wildman–Crippen MR) is 130 cm³/mol. The van der Waals surface area contributed by atoms with Crippen molar-refractivity contribution in [2.45, 2.75) is 32.9 Å². The van der Waals surface area contributed by atoms with E-state index in [4.69, 9.17) is 9.84 Å². The molecule has 0 saturated carbocycles. The number of aryl methyl sites for hydroxylation is 1. The van der Waals surface area contributed by atoms with Crippen LogP contribution in [0, 0.1) is 0 Å². The summed E-state index contributed by atoms with van der Waals surface area (Å²) in [7, 11) is 7.53. The summed E-state index contributed by atoms with van der Waals surface area (Å²) < 4.78 is 7.29. The molecule has 0 fully saturated rings. The molecule has 1 N–H and O–H groups in total. The molecule has 2 aromatic carbocycles. The van der Waals surface area contributed by atoms with Crippen molar-refractivity contribution in [3.63, 3.8) is 0 Å². The summed E-state index contributed by atoms with van der Waals surface area (Å²) in [4.78, 5) is 17.3. The van der Waals surface area contributed by atoms with Crippen molar-refractivity contribution >= 4 is 17.5 Å². The number of urea groups is 1. The first-order chi connectivity index (χ1) is 15.4. The van der Waals surface area contributed by atoms with Crippen molar-refractivity contribution in [1.29, 1.82) is 0 Å². The van der Waals surface area contributed by atoms with Gasteiger partial charge < -0.3 is 19.9 Å². The van der Waals surface area contributed by atoms with E-state index in [0.717, 1.165) is 29.1 Å². The molecule has 7 nitrogen and oxygen atoms in total. The van der Waals surface area contributed by atoms with Gasteiger partial charge in [-0.3, -0.25) is 4.68 Å². The summed E-state index contributed by atoms with van der Waals surface area (Å²) in [6.45, 7) is 4.58. The lowest BCUT2D eigenvalue weighted by atomic mass is 10.1. The Morgan fingerprint density at radius 1 is 1.12 bits per heavy atom. The van der Waals surface area contributed by atoms with Gasteiger partial charge in [0.2, 0.25) is 0 Å². The monoisotopic (exact) mass is 435 g/mol. The second kappa shape index (κ2) is 10.2. The summed E-state index contributed by atoms with van der Waals surface area (Å²) >= 11 is 0. The maximum atomic E-state index is 13.4. The van der Waals surface area contributed by atoms with Crippen molar-refractivity contribution in [3.05, 3.63) is 60.2 Å². The van der Waals surface area contributed by atoms with E-state index in [9.17, 15) is 4.79 Å². The molecule has 0 saturated heterocycles. The third-order valence-corrected chi connectivity index (χ3v) is 5.64. The summed E-state index contributed by atoms with van der Waals surface area (Å²) in [5, 5.41) is 7.84. The average molecular weight is 436 g/mol. The van der Waals surface area contributed by atoms with Gasteiger partial charge in [0.1, 0.15) is 11.6 Å². The van der Waals surface area contributed by atoms with Crippen molar-refractivity contribution in [2.75, 3.05) is 31.4 Å². The van der Waals surface area contributed by atoms with E-state index in [-0.39, 0.29) is 12.1 Å². The number of carbonyl (C=O) groups excluding carboxylic acids is 1. The van der Waals surface area contributed by atoms with Crippen LogP contribution in [0.2, 0.25) is 0 Å². The molecule has 3 aromatic rings. The zero-order valence-corrected chi connectivity index (χ0v) is 19.8. The third-order valence-electron chi connectivity index (χ3n) is 5.64. The molecule has 2 amide bonds. The number of benzene rings is 2. The second-order valence-corrected chi connectivity index (χ2v) is 8.05. The molecule has 1 atom stereocenters. The van der Waals surface area contributed by atoms with Gasteiger partial charge in [0.15, 0.2) is 0 Å². The van der Waals surface area contributed by atoms with Gasteiger partial charge in [-0.05, 0) is 25.5 Å². The molecule has 0 aliphatic carbocycles. The number of ether oxygens (including phenoxy) is 1. The molecule has 0 aliphatic heterocycles. The zero-order chi connectivity index (χ0) is 23.3. The quantitative estimate of drug-likeness (QED) is 0.541. The lowest BCUT2D eigenvalue weighted by Gasteiger charge is -2.30. The van der Waals surface area contributed by atoms with Crippen molar-refractivity contribution < 1.29 is 9.53 Å². The van der Waals surface area contributed by atoms with Gasteiger partial charge in [-0.2, -0.15) is 5.10 Å². The van der Waals surface area contributed by atoms with Crippen LogP contribution < -0.4 is 15.0 Å². The van der Waals surface area contributed by atoms with E-state index in [1.807, 2.05) is 90.2 Å². The number of hydrogen-bond acceptors (Lipinski definition) is 4. The number of amides is 2. The standard InChI is InChI=1S/C25H33N5O2/c1-7-18(2)30(25(31)26-21-15-11-12-16-22(21)32-6)17-20-23(19-13-9-8-10-14-19)27-29(5)24(20)28(3)4/h8-16,18H,7,17H2,1-6H3,(H,26,31). The Morgan fingerprint density at radius 3 is 2.41 bits per heavy atom. The molecule has 7 heteroatoms. The number of anilines is 2. The summed E-state index contributed by atoms with van der Waals surface area (Å²) in [6, 6.07) is 17.4. The van der Waals surface area contributed by atoms with E-state index >= 15 is 0 Å². The Hall–Kier alpha value is -3.48. The fraction of sp³-hybridized carbons (Fsp3) is 0.360. The van der Waals surface area contributed by atoms with Gasteiger partial charge in [-0.15, -0.1) is 0 Å². The van der Waals surface area contributed by atoms with Gasteiger partial charge in [0, 0.05) is 38.3 Å². The maximum absolute atomic E-state index is 13.4. The third kappa shape index (κ3) is 4.88. The molecule has 32 heavy (non-hydrogen) atoms. The van der Waals surface area contributed by atoms with Gasteiger partial charge in [-0.25, -0.2) is 4.79 Å². The van der Waals surface area contributed by atoms with Crippen LogP contribution >= 0.6 is 0 Å². The maximum Gasteiger partial charge on any atom is 0.322 e. The van der Waals surface area contributed by atoms with Crippen LogP contribution in [0.5, 0.6) is 5.75 Å². The van der Waals surface area contributed by atoms with Gasteiger partial charge >= 0.3 is 6.03 Å². The molecule has 3 rings (SSSR count). The van der Waals surface area contributed by atoms with Crippen molar-refractivity contribution in [2.24, 2.45) is 7.05 Å². The number of nitrogens with zero attached hydrogens (tertiary/aromatic N) is 4. The normalized spacial score (nSPS) is 11.7. The van der Waals surface area contributed by atoms with Crippen LogP contribution in [0.3, 0.4) is 0 Å². The summed E-state index contributed by atoms with van der Waals surface area (Å²) in [5.74, 6) is 1.60. The Morgan fingerprint density at radius 2 is 1.78 bits per heavy atom. The van der Waals surface area contributed by atoms with Crippen LogP contribution in [-0.4, -0.2) is 48.0 Å². The van der Waals surface area contributed by atoms with Crippen LogP contribution in [0.4, 0.5) is 16.3 Å². The number of rotatable bonds is 8. The smallest absolute Gasteiger partial charge is 0.322 e. The molecule has 1 unspecified atom stereocenters. The van der Waals surface area contributed by atoms with Crippen LogP contribution in [-0.2, 0) is 13.6 Å². The number of nitrogens with one attached hydrogen (secondary N) is 1. The minimum atomic E-state index is -0.170. The van der Waals surface area contributed by atoms with Crippen LogP contribution in [0.1, 0.15) is 25.8 Å². The number of aromatic nitrogens is 2. The zero-order valence-electron chi connectivity index (χ0n) is 19.8. The van der Waals surface area contributed by atoms with Crippen LogP contribution in [0.15, 0.2) is 54.6 Å². The largest absolute Gasteiger partial charge is 0.495 e. The lowest BCUT2D eigenvalue weighted by molar-refractivity contribution is 0.187. The first-order valence-electron chi connectivity index (χ1n) is 10.9. The summed E-state index contributed by atoms with van der Waals surface area (Å²) in [6.07, 6.45) is 0.831. The highest BCUT2D eigenvalue weighted by Crippen LogP contribution is 2.32. The SMILES string of the molecule is CCC(C)N(Cc1c(-c2ccccc2)nn(C)c1N(C)C)C(=O)Nc1ccccc1OC. The molecule has 0 spiro atoms. The predicted octanol–water partition coefficient (Wildman–Crippen LogP) is 4.99. The van der Waals surface area contributed by atoms with Crippen molar-refractivity contribution in [1.82, 2.24) is 14.7 Å². The number of methoxy groups -OCH3 is 1. The van der Waals surface area contributed by atoms with Crippen molar-refractivity contribution in [3.8, 4) is 17.0 Å². The highest BCUT2D eigenvalue weighted by atomic mass is 16.5. The number of carbonyl (C=O) groups is 1. The molecule has 170 valence electrons. The highest BCUT2D eigenvalue weighted by molar-refractivity contribution is 5.91. The van der Waals surface area contributed by atoms with Gasteiger partial charge in [0.25, 0.3) is 0 Å². The van der Waals surface area contributed by atoms with Crippen LogP contribution in [0.25, 0.3) is 11.3 Å². The molecule has 0 bridgehead atoms. The second-order valence-electron chi connectivity index (χ2n) is 8.05. The minimum Gasteiger partial charge on any atom is -0.495 e. The molecule has 1 aromatic heterocycles. The van der Waals surface area contributed by atoms with E-state index in [1.165, 1.54) is 0 Å². The molecular weight excluding hydrogens is 402 g/mol. The Labute approximate surface area is 190 Å². The fourth-order valence-corrected chi connectivity index (χ4v) is 3.85. The topological polar surface area (TPSA) is 62.6 Å². The molecular formula is C25H33N5O2. The van der Waals surface area contributed by atoms with E-state index in [1.54, 1.807) is 7.11 Å². The first-order valence-corrected chi connectivity index (χ1v) is 10.9. The minimum absolute atomic E-state index is 0.0311. The van der Waals surface area contributed by atoms with E-state index < -0.39 is 0 Å². The fourth-order valence-electron chi connectivity index (χ4n) is 3.85. The number of hydrogen-bond donors (Lipinski definition) is 1. The highest BCUT2D eigenvalue weighted by Gasteiger charge is 2.26. The molecule has 0 radical (unpaired) electrons. The average Bonchev–Trinajstić information content (AvgIpc) is 3.13. The molecule has 1 heterocycles. The Bertz CT molecular complexity index is 1050. The Kier molecular flexibility index (Phi) is 7.41. The van der Waals surface area contributed by atoms with Gasteiger partial charge in [0.05, 0.1) is 25.0 Å². The molecule has 0 aliphatic rings. The van der Waals surface area contributed by atoms with E-state index in [2.05, 4.69) is 19.2 Å². The lowest BCUT2D eigenvalue weighted by Crippen LogP contribution is -2.41. The summed E-state index contributed by atoms with van der Waals surface area (Å²) in [5.41, 5.74) is 3.57. The Balaban J connectivity index is 2.01. The number of para-hydroxylation sites is 2. The van der Waals surface area contributed by atoms with Gasteiger partial charge in [-0.1, -0.05) is 49.4 Å².